The van der Waals surface area contributed by atoms with Crippen molar-refractivity contribution in [2.75, 3.05) is 12.3 Å². The molecule has 0 aliphatic carbocycles. The summed E-state index contributed by atoms with van der Waals surface area (Å²) in [6.45, 7) is 2.99. The molecule has 1 heterocycles. The van der Waals surface area contributed by atoms with Crippen molar-refractivity contribution in [2.24, 2.45) is 5.41 Å². The molecule has 1 aliphatic heterocycles. The van der Waals surface area contributed by atoms with Gasteiger partial charge in [-0.2, -0.15) is 17.5 Å². The number of hydrogen-bond donors (Lipinski definition) is 1. The molecule has 33 heavy (non-hydrogen) atoms. The van der Waals surface area contributed by atoms with Gasteiger partial charge in [0.15, 0.2) is 0 Å². The summed E-state index contributed by atoms with van der Waals surface area (Å²) >= 11 is 0. The highest BCUT2D eigenvalue weighted by atomic mass is 32.2. The van der Waals surface area contributed by atoms with E-state index in [0.29, 0.717) is 16.3 Å². The van der Waals surface area contributed by atoms with E-state index in [9.17, 15) is 31.6 Å². The van der Waals surface area contributed by atoms with Crippen molar-refractivity contribution in [3.8, 4) is 0 Å². The summed E-state index contributed by atoms with van der Waals surface area (Å²) in [5, 5.41) is 10.5. The van der Waals surface area contributed by atoms with Crippen LogP contribution >= 0.6 is 0 Å². The molecule has 0 radical (unpaired) electrons. The zero-order valence-corrected chi connectivity index (χ0v) is 19.2. The van der Waals surface area contributed by atoms with Crippen LogP contribution in [0, 0.1) is 5.41 Å². The number of nitrogens with zero attached hydrogens (tertiary/aromatic N) is 2. The second-order valence-electron chi connectivity index (χ2n) is 8.93. The maximum Gasteiger partial charge on any atom is 0.409 e. The lowest BCUT2D eigenvalue weighted by molar-refractivity contribution is -0.176. The summed E-state index contributed by atoms with van der Waals surface area (Å²) in [6, 6.07) is 11.4. The quantitative estimate of drug-likeness (QED) is 0.350. The van der Waals surface area contributed by atoms with Crippen LogP contribution in [0.15, 0.2) is 54.6 Å². The Morgan fingerprint density at radius 2 is 1.73 bits per heavy atom. The standard InChI is InChI=1S/C23H27F3N2O4S/c1-22(2,14-17-8-4-3-5-9-17)20(27(30)16-29)15-33(31,32)28-13-12-18-10-6-7-11-19(18)21(28)23(24,25)26/h3-11,16,20-21,30H,12-15H2,1-2H3. The molecule has 0 spiro atoms. The summed E-state index contributed by atoms with van der Waals surface area (Å²) in [5.41, 5.74) is 0.218. The number of fused-ring (bicyclic) bond motifs is 1. The molecule has 1 N–H and O–H groups in total. The third-order valence-corrected chi connectivity index (χ3v) is 7.95. The fourth-order valence-electron chi connectivity index (χ4n) is 4.45. The van der Waals surface area contributed by atoms with Crippen LogP contribution in [0.1, 0.15) is 36.6 Å². The molecule has 1 amide bonds. The topological polar surface area (TPSA) is 77.9 Å². The fourth-order valence-corrected chi connectivity index (χ4v) is 6.57. The second kappa shape index (κ2) is 9.44. The summed E-state index contributed by atoms with van der Waals surface area (Å²) in [5.74, 6) is -0.850. The van der Waals surface area contributed by atoms with Crippen LogP contribution in [-0.2, 0) is 27.7 Å². The third kappa shape index (κ3) is 5.56. The molecule has 10 heteroatoms. The van der Waals surface area contributed by atoms with Gasteiger partial charge >= 0.3 is 6.18 Å². The van der Waals surface area contributed by atoms with E-state index < -0.39 is 39.5 Å². The minimum Gasteiger partial charge on any atom is -0.286 e. The Bertz CT molecular complexity index is 1070. The van der Waals surface area contributed by atoms with Crippen molar-refractivity contribution >= 4 is 16.4 Å². The van der Waals surface area contributed by atoms with Gasteiger partial charge < -0.3 is 0 Å². The minimum absolute atomic E-state index is 0.0830. The lowest BCUT2D eigenvalue weighted by Crippen LogP contribution is -2.53. The first-order chi connectivity index (χ1) is 15.4. The van der Waals surface area contributed by atoms with Gasteiger partial charge in [-0.25, -0.2) is 13.5 Å². The summed E-state index contributed by atoms with van der Waals surface area (Å²) in [6.07, 6.45) is -4.32. The molecule has 2 unspecified atom stereocenters. The zero-order valence-electron chi connectivity index (χ0n) is 18.4. The van der Waals surface area contributed by atoms with Crippen LogP contribution in [-0.4, -0.2) is 53.9 Å². The highest BCUT2D eigenvalue weighted by Crippen LogP contribution is 2.44. The smallest absolute Gasteiger partial charge is 0.286 e. The van der Waals surface area contributed by atoms with Crippen LogP contribution in [0.5, 0.6) is 0 Å². The van der Waals surface area contributed by atoms with E-state index >= 15 is 0 Å². The second-order valence-corrected chi connectivity index (χ2v) is 10.9. The van der Waals surface area contributed by atoms with Crippen molar-refractivity contribution in [1.29, 1.82) is 0 Å². The number of carbonyl (C=O) groups is 1. The lowest BCUT2D eigenvalue weighted by Gasteiger charge is -2.41. The first-order valence-corrected chi connectivity index (χ1v) is 12.1. The van der Waals surface area contributed by atoms with Crippen molar-refractivity contribution in [1.82, 2.24) is 9.37 Å². The highest BCUT2D eigenvalue weighted by molar-refractivity contribution is 7.89. The molecular weight excluding hydrogens is 457 g/mol. The van der Waals surface area contributed by atoms with E-state index in [0.717, 1.165) is 5.56 Å². The van der Waals surface area contributed by atoms with Gasteiger partial charge in [-0.3, -0.25) is 10.0 Å². The molecular formula is C23H27F3N2O4S. The number of halogens is 3. The molecule has 0 fully saturated rings. The number of sulfonamides is 1. The van der Waals surface area contributed by atoms with Crippen LogP contribution in [0.4, 0.5) is 13.2 Å². The maximum absolute atomic E-state index is 14.1. The van der Waals surface area contributed by atoms with Gasteiger partial charge in [0.2, 0.25) is 16.4 Å². The maximum atomic E-state index is 14.1. The molecule has 0 saturated heterocycles. The highest BCUT2D eigenvalue weighted by Gasteiger charge is 2.52. The van der Waals surface area contributed by atoms with Crippen molar-refractivity contribution in [3.63, 3.8) is 0 Å². The van der Waals surface area contributed by atoms with E-state index in [1.165, 1.54) is 12.1 Å². The summed E-state index contributed by atoms with van der Waals surface area (Å²) in [4.78, 5) is 11.4. The Labute approximate surface area is 191 Å². The predicted molar refractivity (Wildman–Crippen MR) is 117 cm³/mol. The Morgan fingerprint density at radius 3 is 2.33 bits per heavy atom. The van der Waals surface area contributed by atoms with Crippen LogP contribution in [0.3, 0.4) is 0 Å². The number of hydrogen-bond acceptors (Lipinski definition) is 4. The molecule has 0 bridgehead atoms. The molecule has 2 atom stereocenters. The molecule has 1 aliphatic rings. The SMILES string of the molecule is CC(C)(Cc1ccccc1)C(CS(=O)(=O)N1CCc2ccccc2C1C(F)(F)F)N(O)C=O. The number of amides is 1. The van der Waals surface area contributed by atoms with Gasteiger partial charge in [0, 0.05) is 6.54 Å². The lowest BCUT2D eigenvalue weighted by atomic mass is 9.79. The van der Waals surface area contributed by atoms with Crippen molar-refractivity contribution in [3.05, 3.63) is 71.3 Å². The number of rotatable bonds is 8. The Hall–Kier alpha value is -2.43. The van der Waals surface area contributed by atoms with Gasteiger partial charge in [0.25, 0.3) is 0 Å². The van der Waals surface area contributed by atoms with E-state index in [-0.39, 0.29) is 30.0 Å². The minimum atomic E-state index is -4.83. The van der Waals surface area contributed by atoms with E-state index in [1.54, 1.807) is 38.1 Å². The molecule has 2 aromatic carbocycles. The molecule has 6 nitrogen and oxygen atoms in total. The van der Waals surface area contributed by atoms with Gasteiger partial charge in [-0.15, -0.1) is 0 Å². The van der Waals surface area contributed by atoms with E-state index in [1.807, 2.05) is 18.2 Å². The van der Waals surface area contributed by atoms with E-state index in [4.69, 9.17) is 0 Å². The van der Waals surface area contributed by atoms with Crippen molar-refractivity contribution < 1.29 is 31.6 Å². The largest absolute Gasteiger partial charge is 0.409 e. The van der Waals surface area contributed by atoms with Crippen molar-refractivity contribution in [2.45, 2.75) is 44.9 Å². The van der Waals surface area contributed by atoms with Gasteiger partial charge in [-0.05, 0) is 34.9 Å². The Kier molecular flexibility index (Phi) is 7.21. The van der Waals surface area contributed by atoms with E-state index in [2.05, 4.69) is 0 Å². The number of benzene rings is 2. The Morgan fingerprint density at radius 1 is 1.12 bits per heavy atom. The predicted octanol–water partition coefficient (Wildman–Crippen LogP) is 3.96. The van der Waals surface area contributed by atoms with Gasteiger partial charge in [-0.1, -0.05) is 68.4 Å². The first-order valence-electron chi connectivity index (χ1n) is 10.5. The van der Waals surface area contributed by atoms with Crippen LogP contribution < -0.4 is 0 Å². The Balaban J connectivity index is 1.96. The molecule has 3 rings (SSSR count). The van der Waals surface area contributed by atoms with Crippen LogP contribution in [0.25, 0.3) is 0 Å². The summed E-state index contributed by atoms with van der Waals surface area (Å²) in [7, 11) is -4.54. The third-order valence-electron chi connectivity index (χ3n) is 6.11. The van der Waals surface area contributed by atoms with Gasteiger partial charge in [0.05, 0.1) is 11.8 Å². The fraction of sp³-hybridized carbons (Fsp3) is 0.435. The zero-order chi connectivity index (χ0) is 24.4. The molecule has 2 aromatic rings. The first kappa shape index (κ1) is 25.2. The number of carbonyl (C=O) groups excluding carboxylic acids is 1. The molecule has 180 valence electrons. The van der Waals surface area contributed by atoms with Crippen LogP contribution in [0.2, 0.25) is 0 Å². The number of alkyl halides is 3. The summed E-state index contributed by atoms with van der Waals surface area (Å²) < 4.78 is 69.4. The van der Waals surface area contributed by atoms with Gasteiger partial charge in [0.1, 0.15) is 6.04 Å². The normalized spacial score (nSPS) is 18.4. The number of hydroxylamine groups is 2. The molecule has 0 aromatic heterocycles. The molecule has 0 saturated carbocycles. The monoisotopic (exact) mass is 484 g/mol. The average molecular weight is 485 g/mol. The average Bonchev–Trinajstić information content (AvgIpc) is 2.75.